The number of hydrogen-bond donors (Lipinski definition) is 0. The van der Waals surface area contributed by atoms with Crippen molar-refractivity contribution in [3.63, 3.8) is 0 Å². The molecule has 1 atom stereocenters. The summed E-state index contributed by atoms with van der Waals surface area (Å²) in [6, 6.07) is 24.5. The van der Waals surface area contributed by atoms with Crippen molar-refractivity contribution in [3.05, 3.63) is 94.0 Å². The lowest BCUT2D eigenvalue weighted by Crippen LogP contribution is -2.38. The predicted molar refractivity (Wildman–Crippen MR) is 138 cm³/mol. The highest BCUT2D eigenvalue weighted by atomic mass is 79.9. The Bertz CT molecular complexity index is 1070. The Balaban J connectivity index is 1.28. The molecule has 0 radical (unpaired) electrons. The Morgan fingerprint density at radius 3 is 2.24 bits per heavy atom. The molecule has 5 nitrogen and oxygen atoms in total. The number of hydrogen-bond acceptors (Lipinski definition) is 5. The summed E-state index contributed by atoms with van der Waals surface area (Å²) in [4.78, 5) is 16.6. The van der Waals surface area contributed by atoms with E-state index in [0.717, 1.165) is 42.2 Å². The number of rotatable bonds is 9. The molecule has 0 saturated carbocycles. The molecule has 1 aliphatic heterocycles. The summed E-state index contributed by atoms with van der Waals surface area (Å²) in [5.41, 5.74) is 3.09. The van der Waals surface area contributed by atoms with E-state index in [1.165, 1.54) is 31.1 Å². The first kappa shape index (κ1) is 24.5. The van der Waals surface area contributed by atoms with Gasteiger partial charge in [-0.25, -0.2) is 4.79 Å². The second-order valence-electron chi connectivity index (χ2n) is 8.85. The number of nitrogens with zero attached hydrogens (tertiary/aromatic N) is 2. The van der Waals surface area contributed by atoms with Crippen molar-refractivity contribution < 1.29 is 14.3 Å². The van der Waals surface area contributed by atoms with Crippen molar-refractivity contribution >= 4 is 21.9 Å². The first-order chi connectivity index (χ1) is 16.5. The molecule has 1 saturated heterocycles. The predicted octanol–water partition coefficient (Wildman–Crippen LogP) is 6.12. The average Bonchev–Trinajstić information content (AvgIpc) is 3.28. The van der Waals surface area contributed by atoms with Crippen LogP contribution in [0.4, 0.5) is 0 Å². The summed E-state index contributed by atoms with van der Waals surface area (Å²) in [7, 11) is 3.60. The van der Waals surface area contributed by atoms with Crippen LogP contribution in [0.3, 0.4) is 0 Å². The lowest BCUT2D eigenvalue weighted by molar-refractivity contribution is 0.0600. The standard InChI is InChI=1S/C28H31BrN2O3/c1-30(18-21-7-13-26(14-8-21)34-27-15-11-24(29)12-16-27)20-25-4-3-17-31(25)19-22-5-9-23(10-6-22)28(32)33-2/h5-16,25H,3-4,17-20H2,1-2H3/t25-/m1/s1. The van der Waals surface area contributed by atoms with Gasteiger partial charge >= 0.3 is 5.97 Å². The molecule has 0 spiro atoms. The fraction of sp³-hybridized carbons (Fsp3) is 0.321. The third-order valence-corrected chi connectivity index (χ3v) is 6.74. The number of likely N-dealkylation sites (tertiary alicyclic amines) is 1. The number of benzene rings is 3. The van der Waals surface area contributed by atoms with E-state index in [1.807, 2.05) is 60.7 Å². The van der Waals surface area contributed by atoms with Crippen LogP contribution in [0.15, 0.2) is 77.3 Å². The van der Waals surface area contributed by atoms with E-state index in [2.05, 4.69) is 44.9 Å². The molecule has 0 N–H and O–H groups in total. The van der Waals surface area contributed by atoms with Crippen LogP contribution < -0.4 is 4.74 Å². The molecule has 1 aliphatic rings. The van der Waals surface area contributed by atoms with Crippen molar-refractivity contribution in [1.82, 2.24) is 9.80 Å². The maximum absolute atomic E-state index is 11.7. The van der Waals surface area contributed by atoms with E-state index in [-0.39, 0.29) is 5.97 Å². The van der Waals surface area contributed by atoms with E-state index >= 15 is 0 Å². The molecule has 3 aromatic rings. The Kier molecular flexibility index (Phi) is 8.38. The summed E-state index contributed by atoms with van der Waals surface area (Å²) in [6.45, 7) is 3.94. The van der Waals surface area contributed by atoms with Gasteiger partial charge in [-0.1, -0.05) is 40.2 Å². The molecule has 0 aliphatic carbocycles. The zero-order valence-electron chi connectivity index (χ0n) is 19.7. The van der Waals surface area contributed by atoms with Crippen LogP contribution in [0, 0.1) is 0 Å². The Morgan fingerprint density at radius 1 is 0.971 bits per heavy atom. The minimum atomic E-state index is -0.292. The summed E-state index contributed by atoms with van der Waals surface area (Å²) >= 11 is 3.45. The van der Waals surface area contributed by atoms with E-state index < -0.39 is 0 Å². The van der Waals surface area contributed by atoms with Crippen LogP contribution >= 0.6 is 15.9 Å². The number of carbonyl (C=O) groups excluding carboxylic acids is 1. The molecule has 1 heterocycles. The molecule has 0 aromatic heterocycles. The number of methoxy groups -OCH3 is 1. The zero-order valence-corrected chi connectivity index (χ0v) is 21.3. The number of carbonyl (C=O) groups is 1. The highest BCUT2D eigenvalue weighted by molar-refractivity contribution is 9.10. The third kappa shape index (κ3) is 6.69. The van der Waals surface area contributed by atoms with Crippen molar-refractivity contribution in [2.75, 3.05) is 27.2 Å². The first-order valence-electron chi connectivity index (χ1n) is 11.6. The number of esters is 1. The van der Waals surface area contributed by atoms with Crippen LogP contribution in [0.25, 0.3) is 0 Å². The minimum absolute atomic E-state index is 0.292. The average molecular weight is 523 g/mol. The van der Waals surface area contributed by atoms with Gasteiger partial charge in [-0.05, 0) is 86.1 Å². The molecular weight excluding hydrogens is 492 g/mol. The van der Waals surface area contributed by atoms with Crippen LogP contribution in [0.2, 0.25) is 0 Å². The molecule has 1 fully saturated rings. The Labute approximate surface area is 210 Å². The number of likely N-dealkylation sites (N-methyl/N-ethyl adjacent to an activating group) is 1. The lowest BCUT2D eigenvalue weighted by atomic mass is 10.1. The van der Waals surface area contributed by atoms with Gasteiger partial charge in [-0.15, -0.1) is 0 Å². The second-order valence-corrected chi connectivity index (χ2v) is 9.77. The zero-order chi connectivity index (χ0) is 23.9. The Hall–Kier alpha value is -2.67. The van der Waals surface area contributed by atoms with E-state index in [0.29, 0.717) is 11.6 Å². The molecule has 0 amide bonds. The fourth-order valence-electron chi connectivity index (χ4n) is 4.45. The maximum atomic E-state index is 11.7. The van der Waals surface area contributed by atoms with E-state index in [9.17, 15) is 4.79 Å². The smallest absolute Gasteiger partial charge is 0.337 e. The van der Waals surface area contributed by atoms with E-state index in [4.69, 9.17) is 9.47 Å². The van der Waals surface area contributed by atoms with E-state index in [1.54, 1.807) is 0 Å². The normalized spacial score (nSPS) is 16.1. The minimum Gasteiger partial charge on any atom is -0.465 e. The molecule has 4 rings (SSSR count). The quantitative estimate of drug-likeness (QED) is 0.316. The van der Waals surface area contributed by atoms with Crippen LogP contribution in [-0.4, -0.2) is 49.1 Å². The molecule has 34 heavy (non-hydrogen) atoms. The summed E-state index contributed by atoms with van der Waals surface area (Å²) in [5, 5.41) is 0. The van der Waals surface area contributed by atoms with Crippen LogP contribution in [0.1, 0.15) is 34.3 Å². The van der Waals surface area contributed by atoms with Gasteiger partial charge in [0.05, 0.1) is 12.7 Å². The van der Waals surface area contributed by atoms with Gasteiger partial charge in [0.2, 0.25) is 0 Å². The second kappa shape index (κ2) is 11.6. The van der Waals surface area contributed by atoms with Gasteiger partial charge in [0.1, 0.15) is 11.5 Å². The fourth-order valence-corrected chi connectivity index (χ4v) is 4.71. The summed E-state index contributed by atoms with van der Waals surface area (Å²) < 4.78 is 11.8. The first-order valence-corrected chi connectivity index (χ1v) is 12.4. The van der Waals surface area contributed by atoms with Crippen LogP contribution in [0.5, 0.6) is 11.5 Å². The number of halogens is 1. The van der Waals surface area contributed by atoms with Crippen molar-refractivity contribution in [3.8, 4) is 11.5 Å². The van der Waals surface area contributed by atoms with Crippen molar-refractivity contribution in [1.29, 1.82) is 0 Å². The topological polar surface area (TPSA) is 42.0 Å². The number of ether oxygens (including phenoxy) is 2. The van der Waals surface area contributed by atoms with Gasteiger partial charge in [0, 0.05) is 30.1 Å². The molecule has 0 unspecified atom stereocenters. The monoisotopic (exact) mass is 522 g/mol. The van der Waals surface area contributed by atoms with Crippen LogP contribution in [-0.2, 0) is 17.8 Å². The Morgan fingerprint density at radius 2 is 1.59 bits per heavy atom. The van der Waals surface area contributed by atoms with Gasteiger partial charge in [0.25, 0.3) is 0 Å². The van der Waals surface area contributed by atoms with Crippen molar-refractivity contribution in [2.45, 2.75) is 32.0 Å². The molecule has 3 aromatic carbocycles. The summed E-state index contributed by atoms with van der Waals surface area (Å²) in [6.07, 6.45) is 2.44. The maximum Gasteiger partial charge on any atom is 0.337 e. The molecule has 0 bridgehead atoms. The third-order valence-electron chi connectivity index (χ3n) is 6.21. The highest BCUT2D eigenvalue weighted by Crippen LogP contribution is 2.25. The largest absolute Gasteiger partial charge is 0.465 e. The van der Waals surface area contributed by atoms with Gasteiger partial charge in [-0.3, -0.25) is 4.90 Å². The van der Waals surface area contributed by atoms with Gasteiger partial charge < -0.3 is 14.4 Å². The molecule has 6 heteroatoms. The van der Waals surface area contributed by atoms with Crippen molar-refractivity contribution in [2.24, 2.45) is 0 Å². The summed E-state index contributed by atoms with van der Waals surface area (Å²) in [5.74, 6) is 1.38. The molecule has 178 valence electrons. The SMILES string of the molecule is COC(=O)c1ccc(CN2CCC[C@@H]2CN(C)Cc2ccc(Oc3ccc(Br)cc3)cc2)cc1. The lowest BCUT2D eigenvalue weighted by Gasteiger charge is -2.29. The van der Waals surface area contributed by atoms with Gasteiger partial charge in [-0.2, -0.15) is 0 Å². The highest BCUT2D eigenvalue weighted by Gasteiger charge is 2.25. The molecular formula is C28H31BrN2O3. The van der Waals surface area contributed by atoms with Gasteiger partial charge in [0.15, 0.2) is 0 Å².